The van der Waals surface area contributed by atoms with Crippen molar-refractivity contribution in [1.29, 1.82) is 0 Å². The van der Waals surface area contributed by atoms with Gasteiger partial charge in [-0.15, -0.1) is 11.3 Å². The maximum Gasteiger partial charge on any atom is 0.261 e. The predicted octanol–water partition coefficient (Wildman–Crippen LogP) is 3.11. The van der Waals surface area contributed by atoms with Gasteiger partial charge in [0.1, 0.15) is 5.82 Å². The predicted molar refractivity (Wildman–Crippen MR) is 89.9 cm³/mol. The zero-order valence-corrected chi connectivity index (χ0v) is 13.8. The molecule has 0 spiro atoms. The molecule has 116 valence electrons. The van der Waals surface area contributed by atoms with Gasteiger partial charge in [-0.3, -0.25) is 9.69 Å². The van der Waals surface area contributed by atoms with Crippen molar-refractivity contribution in [2.75, 3.05) is 29.4 Å². The van der Waals surface area contributed by atoms with E-state index in [2.05, 4.69) is 14.9 Å². The molecule has 0 atom stereocenters. The summed E-state index contributed by atoms with van der Waals surface area (Å²) < 4.78 is 0. The zero-order valence-electron chi connectivity index (χ0n) is 13.0. The van der Waals surface area contributed by atoms with Crippen molar-refractivity contribution in [3.05, 3.63) is 35.0 Å². The Kier molecular flexibility index (Phi) is 4.38. The normalized spacial score (nSPS) is 14.4. The lowest BCUT2D eigenvalue weighted by molar-refractivity contribution is 0.0988. The van der Waals surface area contributed by atoms with Crippen LogP contribution in [-0.4, -0.2) is 35.5 Å². The summed E-state index contributed by atoms with van der Waals surface area (Å²) in [6.07, 6.45) is 4.11. The van der Waals surface area contributed by atoms with E-state index in [1.54, 1.807) is 11.1 Å². The highest BCUT2D eigenvalue weighted by atomic mass is 32.1. The molecule has 2 aromatic heterocycles. The van der Waals surface area contributed by atoms with Gasteiger partial charge in [0.15, 0.2) is 5.13 Å². The first kappa shape index (κ1) is 15.0. The molecule has 0 aliphatic carbocycles. The SMILES string of the molecule is CCN(C(=O)c1ccc(N2CCCC2)nc1)c1nc(C)cs1. The highest BCUT2D eigenvalue weighted by Gasteiger charge is 2.20. The average Bonchev–Trinajstić information content (AvgIpc) is 3.20. The van der Waals surface area contributed by atoms with E-state index in [1.165, 1.54) is 24.2 Å². The number of nitrogens with zero attached hydrogens (tertiary/aromatic N) is 4. The van der Waals surface area contributed by atoms with E-state index in [0.29, 0.717) is 12.1 Å². The topological polar surface area (TPSA) is 49.3 Å². The van der Waals surface area contributed by atoms with Crippen LogP contribution in [0.25, 0.3) is 0 Å². The molecule has 1 fully saturated rings. The number of pyridine rings is 1. The number of aryl methyl sites for hydroxylation is 1. The lowest BCUT2D eigenvalue weighted by Gasteiger charge is -2.19. The van der Waals surface area contributed by atoms with E-state index >= 15 is 0 Å². The first-order valence-electron chi connectivity index (χ1n) is 7.64. The van der Waals surface area contributed by atoms with E-state index in [9.17, 15) is 4.79 Å². The third-order valence-electron chi connectivity index (χ3n) is 3.82. The molecule has 5 nitrogen and oxygen atoms in total. The third-order valence-corrected chi connectivity index (χ3v) is 4.81. The Morgan fingerprint density at radius 2 is 2.14 bits per heavy atom. The molecule has 2 aromatic rings. The summed E-state index contributed by atoms with van der Waals surface area (Å²) in [5.74, 6) is 0.916. The van der Waals surface area contributed by atoms with Gasteiger partial charge in [-0.25, -0.2) is 9.97 Å². The molecule has 3 rings (SSSR count). The number of amides is 1. The first-order chi connectivity index (χ1) is 10.7. The number of carbonyl (C=O) groups excluding carboxylic acids is 1. The van der Waals surface area contributed by atoms with Gasteiger partial charge in [0.2, 0.25) is 0 Å². The number of rotatable bonds is 4. The molecule has 1 aliphatic heterocycles. The van der Waals surface area contributed by atoms with Gasteiger partial charge in [-0.2, -0.15) is 0 Å². The standard InChI is InChI=1S/C16H20N4OS/c1-3-20(16-18-12(2)11-22-16)15(21)13-6-7-14(17-10-13)19-8-4-5-9-19/h6-7,10-11H,3-5,8-9H2,1-2H3. The second kappa shape index (κ2) is 6.44. The van der Waals surface area contributed by atoms with Crippen molar-refractivity contribution < 1.29 is 4.79 Å². The van der Waals surface area contributed by atoms with E-state index in [4.69, 9.17) is 0 Å². The first-order valence-corrected chi connectivity index (χ1v) is 8.52. The number of thiazole rings is 1. The van der Waals surface area contributed by atoms with Gasteiger partial charge in [0.25, 0.3) is 5.91 Å². The maximum atomic E-state index is 12.7. The largest absolute Gasteiger partial charge is 0.357 e. The van der Waals surface area contributed by atoms with Gasteiger partial charge in [0, 0.05) is 31.2 Å². The molecule has 1 amide bonds. The van der Waals surface area contributed by atoms with E-state index in [-0.39, 0.29) is 5.91 Å². The summed E-state index contributed by atoms with van der Waals surface area (Å²) >= 11 is 1.49. The molecule has 1 saturated heterocycles. The summed E-state index contributed by atoms with van der Waals surface area (Å²) in [5, 5.41) is 2.70. The molecule has 0 N–H and O–H groups in total. The molecule has 0 radical (unpaired) electrons. The van der Waals surface area contributed by atoms with Crippen molar-refractivity contribution in [3.8, 4) is 0 Å². The second-order valence-electron chi connectivity index (χ2n) is 5.42. The molecular formula is C16H20N4OS. The van der Waals surface area contributed by atoms with Crippen LogP contribution in [0, 0.1) is 6.92 Å². The van der Waals surface area contributed by atoms with Crippen molar-refractivity contribution in [2.45, 2.75) is 26.7 Å². The number of hydrogen-bond donors (Lipinski definition) is 0. The van der Waals surface area contributed by atoms with Crippen molar-refractivity contribution in [2.24, 2.45) is 0 Å². The summed E-state index contributed by atoms with van der Waals surface area (Å²) in [5.41, 5.74) is 1.55. The minimum absolute atomic E-state index is 0.0441. The van der Waals surface area contributed by atoms with Crippen LogP contribution >= 0.6 is 11.3 Å². The molecule has 0 saturated carbocycles. The van der Waals surface area contributed by atoms with Gasteiger partial charge in [-0.1, -0.05) is 0 Å². The highest BCUT2D eigenvalue weighted by Crippen LogP contribution is 2.23. The fourth-order valence-electron chi connectivity index (χ4n) is 2.63. The Bertz CT molecular complexity index is 646. The van der Waals surface area contributed by atoms with Crippen LogP contribution in [0.1, 0.15) is 35.8 Å². The summed E-state index contributed by atoms with van der Waals surface area (Å²) in [6, 6.07) is 3.81. The Morgan fingerprint density at radius 1 is 1.36 bits per heavy atom. The third kappa shape index (κ3) is 2.97. The van der Waals surface area contributed by atoms with Crippen molar-refractivity contribution >= 4 is 28.2 Å². The molecule has 0 bridgehead atoms. The molecule has 22 heavy (non-hydrogen) atoms. The molecule has 0 aromatic carbocycles. The number of carbonyl (C=O) groups is 1. The monoisotopic (exact) mass is 316 g/mol. The van der Waals surface area contributed by atoms with Crippen LogP contribution in [-0.2, 0) is 0 Å². The molecule has 3 heterocycles. The fourth-order valence-corrected chi connectivity index (χ4v) is 3.50. The summed E-state index contributed by atoms with van der Waals surface area (Å²) in [7, 11) is 0. The van der Waals surface area contributed by atoms with Crippen molar-refractivity contribution in [3.63, 3.8) is 0 Å². The van der Waals surface area contributed by atoms with Crippen LogP contribution < -0.4 is 9.80 Å². The zero-order chi connectivity index (χ0) is 15.5. The van der Waals surface area contributed by atoms with Crippen molar-refractivity contribution in [1.82, 2.24) is 9.97 Å². The van der Waals surface area contributed by atoms with E-state index < -0.39 is 0 Å². The highest BCUT2D eigenvalue weighted by molar-refractivity contribution is 7.14. The molecular weight excluding hydrogens is 296 g/mol. The quantitative estimate of drug-likeness (QED) is 0.869. The van der Waals surface area contributed by atoms with Crippen LogP contribution in [0.4, 0.5) is 10.9 Å². The molecule has 0 unspecified atom stereocenters. The maximum absolute atomic E-state index is 12.7. The van der Waals surface area contributed by atoms with Crippen LogP contribution in [0.2, 0.25) is 0 Å². The van der Waals surface area contributed by atoms with Gasteiger partial charge in [-0.05, 0) is 38.8 Å². The Balaban J connectivity index is 1.78. The minimum atomic E-state index is -0.0441. The van der Waals surface area contributed by atoms with Crippen LogP contribution in [0.3, 0.4) is 0 Å². The lowest BCUT2D eigenvalue weighted by atomic mass is 10.2. The number of anilines is 2. The molecule has 1 aliphatic rings. The Labute approximate surface area is 134 Å². The van der Waals surface area contributed by atoms with Gasteiger partial charge < -0.3 is 4.90 Å². The van der Waals surface area contributed by atoms with Crippen LogP contribution in [0.5, 0.6) is 0 Å². The smallest absolute Gasteiger partial charge is 0.261 e. The molecule has 6 heteroatoms. The van der Waals surface area contributed by atoms with E-state index in [0.717, 1.165) is 29.7 Å². The Hall–Kier alpha value is -1.95. The Morgan fingerprint density at radius 3 is 2.68 bits per heavy atom. The van der Waals surface area contributed by atoms with E-state index in [1.807, 2.05) is 31.4 Å². The lowest BCUT2D eigenvalue weighted by Crippen LogP contribution is -2.30. The summed E-state index contributed by atoms with van der Waals surface area (Å²) in [6.45, 7) is 6.60. The van der Waals surface area contributed by atoms with Gasteiger partial charge in [0.05, 0.1) is 11.3 Å². The second-order valence-corrected chi connectivity index (χ2v) is 6.26. The van der Waals surface area contributed by atoms with Gasteiger partial charge >= 0.3 is 0 Å². The minimum Gasteiger partial charge on any atom is -0.357 e. The van der Waals surface area contributed by atoms with Crippen LogP contribution in [0.15, 0.2) is 23.7 Å². The fraction of sp³-hybridized carbons (Fsp3) is 0.438. The summed E-state index contributed by atoms with van der Waals surface area (Å²) in [4.78, 5) is 25.5. The number of aromatic nitrogens is 2. The average molecular weight is 316 g/mol. The number of hydrogen-bond acceptors (Lipinski definition) is 5.